The molecule has 0 aromatic heterocycles. The maximum atomic E-state index is 12.5. The molecular weight excluding hydrogens is 429 g/mol. The van der Waals surface area contributed by atoms with Gasteiger partial charge in [0, 0.05) is 59.7 Å². The summed E-state index contributed by atoms with van der Waals surface area (Å²) in [6.45, 7) is 6.67. The van der Waals surface area contributed by atoms with Gasteiger partial charge in [-0.25, -0.2) is 0 Å². The molecule has 1 heterocycles. The third kappa shape index (κ3) is 5.40. The molecule has 1 amide bonds. The Bertz CT molecular complexity index is 1060. The molecule has 0 aliphatic carbocycles. The minimum absolute atomic E-state index is 0.164. The Hall–Kier alpha value is -2.53. The number of benzene rings is 3. The molecule has 3 aromatic rings. The van der Waals surface area contributed by atoms with Crippen LogP contribution in [-0.2, 0) is 6.54 Å². The maximum absolute atomic E-state index is 12.5. The van der Waals surface area contributed by atoms with Crippen molar-refractivity contribution >= 4 is 40.5 Å². The van der Waals surface area contributed by atoms with Crippen LogP contribution in [0.15, 0.2) is 66.7 Å². The normalized spacial score (nSPS) is 14.5. The van der Waals surface area contributed by atoms with Crippen molar-refractivity contribution in [1.82, 2.24) is 4.90 Å². The van der Waals surface area contributed by atoms with E-state index in [4.69, 9.17) is 23.2 Å². The quantitative estimate of drug-likeness (QED) is 0.523. The number of hydrogen-bond donors (Lipinski definition) is 1. The standard InChI is InChI=1S/C25H25Cl2N3O/c1-18-6-7-19(16-24(18)27)25(31)28-21-8-10-22(11-9-21)30-14-12-29(13-15-30)17-20-4-2-3-5-23(20)26/h2-11,16H,12-15,17H2,1H3,(H,28,31). The van der Waals surface area contributed by atoms with E-state index in [1.54, 1.807) is 12.1 Å². The third-order valence-electron chi connectivity index (χ3n) is 5.65. The first-order valence-electron chi connectivity index (χ1n) is 10.4. The Kier molecular flexibility index (Phi) is 6.81. The molecule has 1 fully saturated rings. The molecule has 3 aromatic carbocycles. The van der Waals surface area contributed by atoms with Crippen LogP contribution in [0.4, 0.5) is 11.4 Å². The predicted octanol–water partition coefficient (Wildman–Crippen LogP) is 5.88. The zero-order valence-corrected chi connectivity index (χ0v) is 19.0. The van der Waals surface area contributed by atoms with Crippen molar-refractivity contribution in [1.29, 1.82) is 0 Å². The second-order valence-corrected chi connectivity index (χ2v) is 8.63. The molecule has 4 nitrogen and oxygen atoms in total. The molecule has 0 unspecified atom stereocenters. The highest BCUT2D eigenvalue weighted by Gasteiger charge is 2.18. The molecule has 160 valence electrons. The van der Waals surface area contributed by atoms with Gasteiger partial charge < -0.3 is 10.2 Å². The van der Waals surface area contributed by atoms with Crippen LogP contribution >= 0.6 is 23.2 Å². The first kappa shape index (κ1) is 21.7. The van der Waals surface area contributed by atoms with E-state index in [9.17, 15) is 4.79 Å². The van der Waals surface area contributed by atoms with Gasteiger partial charge in [-0.2, -0.15) is 0 Å². The number of amides is 1. The molecular formula is C25H25Cl2N3O. The van der Waals surface area contributed by atoms with Crippen molar-refractivity contribution < 1.29 is 4.79 Å². The molecule has 0 radical (unpaired) electrons. The van der Waals surface area contributed by atoms with Crippen molar-refractivity contribution in [3.05, 3.63) is 93.5 Å². The summed E-state index contributed by atoms with van der Waals surface area (Å²) in [4.78, 5) is 17.3. The lowest BCUT2D eigenvalue weighted by Gasteiger charge is -2.36. The number of piperazine rings is 1. The van der Waals surface area contributed by atoms with E-state index in [1.165, 1.54) is 5.56 Å². The maximum Gasteiger partial charge on any atom is 0.255 e. The van der Waals surface area contributed by atoms with Crippen LogP contribution in [0.5, 0.6) is 0 Å². The Morgan fingerprint density at radius 1 is 0.903 bits per heavy atom. The van der Waals surface area contributed by atoms with Gasteiger partial charge in [-0.3, -0.25) is 9.69 Å². The second-order valence-electron chi connectivity index (χ2n) is 7.82. The molecule has 0 bridgehead atoms. The number of carbonyl (C=O) groups is 1. The number of rotatable bonds is 5. The second kappa shape index (κ2) is 9.73. The highest BCUT2D eigenvalue weighted by atomic mass is 35.5. The average molecular weight is 454 g/mol. The van der Waals surface area contributed by atoms with Gasteiger partial charge in [0.25, 0.3) is 5.91 Å². The molecule has 1 aliphatic heterocycles. The summed E-state index contributed by atoms with van der Waals surface area (Å²) in [6, 6.07) is 21.4. The molecule has 0 atom stereocenters. The van der Waals surface area contributed by atoms with Gasteiger partial charge in [0.05, 0.1) is 0 Å². The van der Waals surface area contributed by atoms with Gasteiger partial charge in [-0.05, 0) is 60.5 Å². The van der Waals surface area contributed by atoms with E-state index >= 15 is 0 Å². The molecule has 4 rings (SSSR count). The molecule has 0 saturated carbocycles. The van der Waals surface area contributed by atoms with Gasteiger partial charge in [-0.1, -0.05) is 47.5 Å². The molecule has 1 aliphatic rings. The van der Waals surface area contributed by atoms with Crippen LogP contribution in [0.1, 0.15) is 21.5 Å². The zero-order valence-electron chi connectivity index (χ0n) is 17.4. The van der Waals surface area contributed by atoms with Crippen molar-refractivity contribution in [2.45, 2.75) is 13.5 Å². The smallest absolute Gasteiger partial charge is 0.255 e. The van der Waals surface area contributed by atoms with Gasteiger partial charge >= 0.3 is 0 Å². The largest absolute Gasteiger partial charge is 0.369 e. The minimum Gasteiger partial charge on any atom is -0.369 e. The molecule has 1 saturated heterocycles. The van der Waals surface area contributed by atoms with Crippen LogP contribution < -0.4 is 10.2 Å². The highest BCUT2D eigenvalue weighted by Crippen LogP contribution is 2.23. The SMILES string of the molecule is Cc1ccc(C(=O)Nc2ccc(N3CCN(Cc4ccccc4Cl)CC3)cc2)cc1Cl. The van der Waals surface area contributed by atoms with E-state index in [1.807, 2.05) is 43.3 Å². The Morgan fingerprint density at radius 3 is 2.29 bits per heavy atom. The predicted molar refractivity (Wildman–Crippen MR) is 130 cm³/mol. The van der Waals surface area contributed by atoms with Gasteiger partial charge in [0.1, 0.15) is 0 Å². The van der Waals surface area contributed by atoms with Crippen LogP contribution in [-0.4, -0.2) is 37.0 Å². The Balaban J connectivity index is 1.32. The number of nitrogens with zero attached hydrogens (tertiary/aromatic N) is 2. The van der Waals surface area contributed by atoms with Crippen molar-refractivity contribution in [3.8, 4) is 0 Å². The summed E-state index contributed by atoms with van der Waals surface area (Å²) in [5.41, 5.74) is 4.60. The van der Waals surface area contributed by atoms with Crippen LogP contribution in [0.2, 0.25) is 10.0 Å². The first-order chi connectivity index (χ1) is 15.0. The lowest BCUT2D eigenvalue weighted by atomic mass is 10.1. The summed E-state index contributed by atoms with van der Waals surface area (Å²) < 4.78 is 0. The fourth-order valence-electron chi connectivity index (χ4n) is 3.72. The van der Waals surface area contributed by atoms with Crippen LogP contribution in [0, 0.1) is 6.92 Å². The highest BCUT2D eigenvalue weighted by molar-refractivity contribution is 6.32. The summed E-state index contributed by atoms with van der Waals surface area (Å²) in [7, 11) is 0. The molecule has 0 spiro atoms. The number of hydrogen-bond acceptors (Lipinski definition) is 3. The fraction of sp³-hybridized carbons (Fsp3) is 0.240. The number of nitrogens with one attached hydrogen (secondary N) is 1. The van der Waals surface area contributed by atoms with Gasteiger partial charge in [-0.15, -0.1) is 0 Å². The van der Waals surface area contributed by atoms with Gasteiger partial charge in [0.2, 0.25) is 0 Å². The summed E-state index contributed by atoms with van der Waals surface area (Å²) in [5.74, 6) is -0.164. The van der Waals surface area contributed by atoms with Crippen molar-refractivity contribution in [2.24, 2.45) is 0 Å². The van der Waals surface area contributed by atoms with Crippen molar-refractivity contribution in [2.75, 3.05) is 36.4 Å². The van der Waals surface area contributed by atoms with Crippen LogP contribution in [0.25, 0.3) is 0 Å². The Labute approximate surface area is 193 Å². The zero-order chi connectivity index (χ0) is 21.8. The minimum atomic E-state index is -0.164. The lowest BCUT2D eigenvalue weighted by Crippen LogP contribution is -2.46. The third-order valence-corrected chi connectivity index (χ3v) is 6.42. The van der Waals surface area contributed by atoms with E-state index in [-0.39, 0.29) is 5.91 Å². The van der Waals surface area contributed by atoms with E-state index < -0.39 is 0 Å². The lowest BCUT2D eigenvalue weighted by molar-refractivity contribution is 0.102. The average Bonchev–Trinajstić information content (AvgIpc) is 2.78. The van der Waals surface area contributed by atoms with E-state index in [0.717, 1.165) is 54.7 Å². The molecule has 1 N–H and O–H groups in total. The van der Waals surface area contributed by atoms with E-state index in [0.29, 0.717) is 10.6 Å². The van der Waals surface area contributed by atoms with Crippen molar-refractivity contribution in [3.63, 3.8) is 0 Å². The Morgan fingerprint density at radius 2 is 1.61 bits per heavy atom. The summed E-state index contributed by atoms with van der Waals surface area (Å²) in [5, 5.41) is 4.36. The monoisotopic (exact) mass is 453 g/mol. The number of halogens is 2. The number of anilines is 2. The summed E-state index contributed by atoms with van der Waals surface area (Å²) >= 11 is 12.4. The van der Waals surface area contributed by atoms with E-state index in [2.05, 4.69) is 33.3 Å². The number of aryl methyl sites for hydroxylation is 1. The number of carbonyl (C=O) groups excluding carboxylic acids is 1. The summed E-state index contributed by atoms with van der Waals surface area (Å²) in [6.07, 6.45) is 0. The molecule has 31 heavy (non-hydrogen) atoms. The topological polar surface area (TPSA) is 35.6 Å². The molecule has 6 heteroatoms. The fourth-order valence-corrected chi connectivity index (χ4v) is 4.10. The van der Waals surface area contributed by atoms with Gasteiger partial charge in [0.15, 0.2) is 0 Å². The first-order valence-corrected chi connectivity index (χ1v) is 11.1. The van der Waals surface area contributed by atoms with Crippen LogP contribution in [0.3, 0.4) is 0 Å².